The van der Waals surface area contributed by atoms with Crippen molar-refractivity contribution < 1.29 is 0 Å². The van der Waals surface area contributed by atoms with Gasteiger partial charge >= 0.3 is 0 Å². The van der Waals surface area contributed by atoms with Gasteiger partial charge in [0, 0.05) is 0 Å². The predicted molar refractivity (Wildman–Crippen MR) is 232 cm³/mol. The van der Waals surface area contributed by atoms with E-state index < -0.39 is 0 Å². The minimum absolute atomic E-state index is 0.936. The van der Waals surface area contributed by atoms with Crippen molar-refractivity contribution in [2.75, 3.05) is 0 Å². The summed E-state index contributed by atoms with van der Waals surface area (Å²) in [6.45, 7) is 47.3. The highest BCUT2D eigenvalue weighted by Gasteiger charge is 2.28. The molecule has 0 N–H and O–H groups in total. The second-order valence-corrected chi connectivity index (χ2v) is 17.0. The summed E-state index contributed by atoms with van der Waals surface area (Å²) in [5.41, 5.74) is 34.9. The molecule has 0 fully saturated rings. The van der Waals surface area contributed by atoms with Crippen molar-refractivity contribution in [2.45, 2.75) is 151 Å². The van der Waals surface area contributed by atoms with Crippen LogP contribution < -0.4 is 0 Å². The van der Waals surface area contributed by atoms with Crippen LogP contribution in [0.3, 0.4) is 0 Å². The number of hydrogen-bond acceptors (Lipinski definition) is 0. The van der Waals surface area contributed by atoms with E-state index in [1.807, 2.05) is 0 Å². The zero-order valence-corrected chi connectivity index (χ0v) is 36.4. The number of hydrogen-bond donors (Lipinski definition) is 0. The van der Waals surface area contributed by atoms with Gasteiger partial charge in [-0.15, -0.1) is 0 Å². The molecule has 0 heterocycles. The van der Waals surface area contributed by atoms with E-state index in [0.29, 0.717) is 0 Å². The molecular formula is C52H64. The average Bonchev–Trinajstić information content (AvgIpc) is 3.12. The van der Waals surface area contributed by atoms with Crippen LogP contribution in [-0.2, 0) is 12.8 Å². The van der Waals surface area contributed by atoms with Gasteiger partial charge in [-0.05, 0) is 317 Å². The molecule has 0 heteroatoms. The average molecular weight is 689 g/mol. The quantitative estimate of drug-likeness (QED) is 0.162. The van der Waals surface area contributed by atoms with Gasteiger partial charge in [-0.1, -0.05) is 0 Å². The molecular weight excluding hydrogens is 625 g/mol. The molecule has 6 rings (SSSR count). The fourth-order valence-electron chi connectivity index (χ4n) is 10.3. The van der Waals surface area contributed by atoms with Gasteiger partial charge in [0.2, 0.25) is 0 Å². The highest BCUT2D eigenvalue weighted by atomic mass is 14.3. The lowest BCUT2D eigenvalue weighted by molar-refractivity contribution is 1.06. The second kappa shape index (κ2) is 12.9. The van der Waals surface area contributed by atoms with E-state index in [4.69, 9.17) is 0 Å². The Balaban J connectivity index is 1.99. The minimum Gasteiger partial charge on any atom is -0.0447 e. The summed E-state index contributed by atoms with van der Waals surface area (Å²) in [6.07, 6.45) is 1.87. The largest absolute Gasteiger partial charge is 0.0447 e. The van der Waals surface area contributed by atoms with Crippen LogP contribution in [-0.4, -0.2) is 0 Å². The van der Waals surface area contributed by atoms with Gasteiger partial charge in [0.1, 0.15) is 0 Å². The fourth-order valence-corrected chi connectivity index (χ4v) is 10.3. The first-order chi connectivity index (χ1) is 24.2. The first-order valence-electron chi connectivity index (χ1n) is 19.7. The van der Waals surface area contributed by atoms with Crippen LogP contribution in [0.1, 0.15) is 134 Å². The molecule has 6 aromatic carbocycles. The highest BCUT2D eigenvalue weighted by Crippen LogP contribution is 2.48. The molecule has 0 aliphatic carbocycles. The summed E-state index contributed by atoms with van der Waals surface area (Å²) in [7, 11) is 0. The highest BCUT2D eigenvalue weighted by molar-refractivity contribution is 6.18. The molecule has 272 valence electrons. The lowest BCUT2D eigenvalue weighted by Gasteiger charge is -2.29. The van der Waals surface area contributed by atoms with Crippen molar-refractivity contribution in [1.29, 1.82) is 0 Å². The predicted octanol–water partition coefficient (Wildman–Crippen LogP) is 14.5. The van der Waals surface area contributed by atoms with Crippen molar-refractivity contribution in [2.24, 2.45) is 0 Å². The molecule has 0 radical (unpaired) electrons. The summed E-state index contributed by atoms with van der Waals surface area (Å²) in [5.74, 6) is 0. The Bertz CT molecular complexity index is 2340. The van der Waals surface area contributed by atoms with Crippen molar-refractivity contribution in [1.82, 2.24) is 0 Å². The van der Waals surface area contributed by atoms with Crippen molar-refractivity contribution in [3.05, 3.63) is 134 Å². The van der Waals surface area contributed by atoms with E-state index in [0.717, 1.165) is 12.8 Å². The molecule has 0 unspecified atom stereocenters. The third-order valence-corrected chi connectivity index (χ3v) is 15.3. The monoisotopic (exact) mass is 689 g/mol. The van der Waals surface area contributed by atoms with Crippen LogP contribution in [0.25, 0.3) is 32.3 Å². The van der Waals surface area contributed by atoms with Crippen molar-refractivity contribution in [3.63, 3.8) is 0 Å². The van der Waals surface area contributed by atoms with Crippen LogP contribution >= 0.6 is 0 Å². The maximum absolute atomic E-state index is 2.45. The van der Waals surface area contributed by atoms with Crippen LogP contribution in [0.5, 0.6) is 0 Å². The maximum Gasteiger partial charge on any atom is -0.000778 e. The molecule has 0 spiro atoms. The molecule has 0 nitrogen and oxygen atoms in total. The van der Waals surface area contributed by atoms with Crippen LogP contribution in [0.2, 0.25) is 0 Å². The first-order valence-corrected chi connectivity index (χ1v) is 19.7. The van der Waals surface area contributed by atoms with Gasteiger partial charge in [0.15, 0.2) is 0 Å². The SMILES string of the molecule is Cc1c(C)c(C)c(Cc2c3c(C)c(C)c(C)c(C)c3c(Cc3c(C)c(C)c(C)c(C)c3C)c3c(C)c4c(C)c(C)c(C)c(C)c4c(C)c23)c(C)c1C. The van der Waals surface area contributed by atoms with Gasteiger partial charge < -0.3 is 0 Å². The third kappa shape index (κ3) is 5.06. The summed E-state index contributed by atoms with van der Waals surface area (Å²) in [6, 6.07) is 0. The zero-order chi connectivity index (χ0) is 38.7. The van der Waals surface area contributed by atoms with Crippen molar-refractivity contribution in [3.8, 4) is 0 Å². The van der Waals surface area contributed by atoms with E-state index in [1.165, 1.54) is 166 Å². The molecule has 0 amide bonds. The number of aryl methyl sites for hydroxylation is 6. The molecule has 0 aromatic heterocycles. The van der Waals surface area contributed by atoms with Crippen LogP contribution in [0.15, 0.2) is 0 Å². The number of rotatable bonds is 4. The van der Waals surface area contributed by atoms with Gasteiger partial charge in [-0.3, -0.25) is 0 Å². The number of benzene rings is 6. The standard InChI is InChI=1S/C52H64/c1-23-25(3)33(11)43(34(12)26(23)4)21-45-49-39(17)31(9)32(10)40(18)50(49)46(22-44-35(13)27(5)24(2)28(6)36(44)14)52-42(20)48-38(16)30(8)29(7)37(15)47(48)41(19)51(45)52/h21-22H2,1-20H3. The summed E-state index contributed by atoms with van der Waals surface area (Å²) in [4.78, 5) is 0. The van der Waals surface area contributed by atoms with E-state index >= 15 is 0 Å². The van der Waals surface area contributed by atoms with Gasteiger partial charge in [0.05, 0.1) is 0 Å². The van der Waals surface area contributed by atoms with Gasteiger partial charge in [-0.2, -0.15) is 0 Å². The molecule has 0 aliphatic rings. The third-order valence-electron chi connectivity index (χ3n) is 15.3. The smallest absolute Gasteiger partial charge is 0.000778 e. The van der Waals surface area contributed by atoms with E-state index in [2.05, 4.69) is 138 Å². The molecule has 0 atom stereocenters. The Hall–Kier alpha value is -3.90. The van der Waals surface area contributed by atoms with E-state index in [1.54, 1.807) is 0 Å². The maximum atomic E-state index is 2.45. The van der Waals surface area contributed by atoms with Gasteiger partial charge in [-0.25, -0.2) is 0 Å². The summed E-state index contributed by atoms with van der Waals surface area (Å²) < 4.78 is 0. The minimum atomic E-state index is 0.936. The Kier molecular flexibility index (Phi) is 9.39. The van der Waals surface area contributed by atoms with Crippen molar-refractivity contribution >= 4 is 32.3 Å². The fraction of sp³-hybridized carbons (Fsp3) is 0.423. The zero-order valence-electron chi connectivity index (χ0n) is 36.4. The molecule has 52 heavy (non-hydrogen) atoms. The Morgan fingerprint density at radius 1 is 0.154 bits per heavy atom. The van der Waals surface area contributed by atoms with E-state index in [9.17, 15) is 0 Å². The Labute approximate surface area is 316 Å². The van der Waals surface area contributed by atoms with E-state index in [-0.39, 0.29) is 0 Å². The lowest BCUT2D eigenvalue weighted by atomic mass is 9.74. The molecule has 6 aromatic rings. The Morgan fingerprint density at radius 3 is 0.577 bits per heavy atom. The summed E-state index contributed by atoms with van der Waals surface area (Å²) >= 11 is 0. The normalized spacial score (nSPS) is 12.0. The van der Waals surface area contributed by atoms with Gasteiger partial charge in [0.25, 0.3) is 0 Å². The Morgan fingerprint density at radius 2 is 0.327 bits per heavy atom. The van der Waals surface area contributed by atoms with Crippen LogP contribution in [0, 0.1) is 138 Å². The number of fused-ring (bicyclic) bond motifs is 3. The lowest BCUT2D eigenvalue weighted by Crippen LogP contribution is -2.11. The first kappa shape index (κ1) is 37.8. The molecule has 0 aliphatic heterocycles. The molecule has 0 bridgehead atoms. The molecule has 0 saturated heterocycles. The van der Waals surface area contributed by atoms with Crippen LogP contribution in [0.4, 0.5) is 0 Å². The molecule has 0 saturated carbocycles. The summed E-state index contributed by atoms with van der Waals surface area (Å²) in [5, 5.41) is 8.91. The topological polar surface area (TPSA) is 0 Å². The second-order valence-electron chi connectivity index (χ2n) is 17.0.